The Bertz CT molecular complexity index is 148. The van der Waals surface area contributed by atoms with E-state index in [0.29, 0.717) is 23.8 Å². The highest BCUT2D eigenvalue weighted by molar-refractivity contribution is 9.09. The maximum Gasteiger partial charge on any atom is 0.306 e. The topological polar surface area (TPSA) is 26.3 Å². The van der Waals surface area contributed by atoms with Crippen molar-refractivity contribution in [3.8, 4) is 0 Å². The van der Waals surface area contributed by atoms with Gasteiger partial charge in [0.1, 0.15) is 6.61 Å². The van der Waals surface area contributed by atoms with Crippen molar-refractivity contribution in [1.29, 1.82) is 0 Å². The molecule has 0 saturated carbocycles. The van der Waals surface area contributed by atoms with Gasteiger partial charge in [-0.1, -0.05) is 43.1 Å². The molecule has 0 aliphatic heterocycles. The van der Waals surface area contributed by atoms with Crippen LogP contribution in [0.3, 0.4) is 0 Å². The number of carbonyl (C=O) groups excluding carboxylic acids is 1. The third kappa shape index (κ3) is 7.05. The summed E-state index contributed by atoms with van der Waals surface area (Å²) < 4.78 is 5.08. The van der Waals surface area contributed by atoms with Crippen LogP contribution in [0, 0.1) is 5.92 Å². The van der Waals surface area contributed by atoms with Crippen molar-refractivity contribution in [2.24, 2.45) is 5.92 Å². The third-order valence-corrected chi connectivity index (χ3v) is 2.99. The Morgan fingerprint density at radius 3 is 2.46 bits per heavy atom. The zero-order valence-electron chi connectivity index (χ0n) is 8.68. The Balaban J connectivity index is 3.51. The van der Waals surface area contributed by atoms with Crippen LogP contribution in [-0.4, -0.2) is 17.4 Å². The van der Waals surface area contributed by atoms with Crippen molar-refractivity contribution < 1.29 is 9.53 Å². The number of rotatable bonds is 6. The fraction of sp³-hybridized carbons (Fsp3) is 0.900. The number of alkyl halides is 1. The van der Waals surface area contributed by atoms with Gasteiger partial charge in [-0.15, -0.1) is 0 Å². The molecule has 2 unspecified atom stereocenters. The van der Waals surface area contributed by atoms with Gasteiger partial charge < -0.3 is 4.74 Å². The molecule has 0 fully saturated rings. The molecular weight excluding hydrogens is 232 g/mol. The van der Waals surface area contributed by atoms with Crippen molar-refractivity contribution in [3.63, 3.8) is 0 Å². The van der Waals surface area contributed by atoms with Crippen LogP contribution in [0.15, 0.2) is 0 Å². The lowest BCUT2D eigenvalue weighted by Gasteiger charge is -2.10. The summed E-state index contributed by atoms with van der Waals surface area (Å²) in [6.07, 6.45) is 2.55. The summed E-state index contributed by atoms with van der Waals surface area (Å²) in [5.41, 5.74) is 0. The third-order valence-electron chi connectivity index (χ3n) is 2.08. The Hall–Kier alpha value is -0.0500. The highest BCUT2D eigenvalue weighted by Crippen LogP contribution is 2.09. The molecule has 13 heavy (non-hydrogen) atoms. The Morgan fingerprint density at radius 1 is 1.38 bits per heavy atom. The van der Waals surface area contributed by atoms with Crippen molar-refractivity contribution in [2.75, 3.05) is 6.61 Å². The summed E-state index contributed by atoms with van der Waals surface area (Å²) in [6, 6.07) is 0. The first-order valence-electron chi connectivity index (χ1n) is 4.89. The van der Waals surface area contributed by atoms with Crippen LogP contribution in [-0.2, 0) is 9.53 Å². The first-order chi connectivity index (χ1) is 6.10. The molecule has 0 spiro atoms. The minimum Gasteiger partial charge on any atom is -0.464 e. The second kappa shape index (κ2) is 7.36. The highest BCUT2D eigenvalue weighted by Gasteiger charge is 2.10. The van der Waals surface area contributed by atoms with E-state index in [1.165, 1.54) is 0 Å². The molecule has 0 rings (SSSR count). The lowest BCUT2D eigenvalue weighted by Crippen LogP contribution is -2.15. The molecule has 0 aromatic carbocycles. The summed E-state index contributed by atoms with van der Waals surface area (Å²) in [5.74, 6) is 0.357. The number of hydrogen-bond donors (Lipinski definition) is 0. The van der Waals surface area contributed by atoms with Gasteiger partial charge in [0.05, 0.1) is 0 Å². The lowest BCUT2D eigenvalue weighted by molar-refractivity contribution is -0.144. The zero-order valence-corrected chi connectivity index (χ0v) is 10.3. The van der Waals surface area contributed by atoms with Crippen LogP contribution in [0.4, 0.5) is 0 Å². The summed E-state index contributed by atoms with van der Waals surface area (Å²) >= 11 is 3.41. The lowest BCUT2D eigenvalue weighted by atomic mass is 10.1. The molecule has 0 amide bonds. The quantitative estimate of drug-likeness (QED) is 0.535. The van der Waals surface area contributed by atoms with Gasteiger partial charge in [0.15, 0.2) is 0 Å². The van der Waals surface area contributed by atoms with E-state index in [0.717, 1.165) is 12.8 Å². The molecule has 0 saturated heterocycles. The zero-order chi connectivity index (χ0) is 10.3. The minimum absolute atomic E-state index is 0.0766. The van der Waals surface area contributed by atoms with Crippen LogP contribution in [0.25, 0.3) is 0 Å². The molecule has 0 bridgehead atoms. The standard InChI is InChI=1S/C10H19BrO2/c1-4-8(3)6-10(12)13-7-9(11)5-2/h8-9H,4-7H2,1-3H3. The van der Waals surface area contributed by atoms with E-state index in [4.69, 9.17) is 4.74 Å². The van der Waals surface area contributed by atoms with Crippen LogP contribution in [0.1, 0.15) is 40.0 Å². The molecule has 0 N–H and O–H groups in total. The maximum absolute atomic E-state index is 11.2. The van der Waals surface area contributed by atoms with Gasteiger partial charge in [0.25, 0.3) is 0 Å². The Labute approximate surface area is 89.2 Å². The summed E-state index contributed by atoms with van der Waals surface area (Å²) in [6.45, 7) is 6.69. The van der Waals surface area contributed by atoms with E-state index >= 15 is 0 Å². The second-order valence-electron chi connectivity index (χ2n) is 3.41. The molecule has 0 aliphatic carbocycles. The van der Waals surface area contributed by atoms with Gasteiger partial charge in [0.2, 0.25) is 0 Å². The number of halogens is 1. The molecule has 0 aromatic heterocycles. The molecule has 0 aromatic rings. The fourth-order valence-corrected chi connectivity index (χ4v) is 0.921. The minimum atomic E-state index is -0.0766. The van der Waals surface area contributed by atoms with E-state index < -0.39 is 0 Å². The molecule has 0 aliphatic rings. The number of esters is 1. The molecule has 3 heteroatoms. The van der Waals surface area contributed by atoms with E-state index in [1.54, 1.807) is 0 Å². The molecule has 78 valence electrons. The van der Waals surface area contributed by atoms with E-state index in [9.17, 15) is 4.79 Å². The van der Waals surface area contributed by atoms with Gasteiger partial charge >= 0.3 is 5.97 Å². The van der Waals surface area contributed by atoms with E-state index in [-0.39, 0.29) is 5.97 Å². The number of carbonyl (C=O) groups is 1. The first-order valence-corrected chi connectivity index (χ1v) is 5.81. The van der Waals surface area contributed by atoms with E-state index in [1.807, 2.05) is 0 Å². The monoisotopic (exact) mass is 250 g/mol. The van der Waals surface area contributed by atoms with Gasteiger partial charge in [-0.05, 0) is 12.3 Å². The smallest absolute Gasteiger partial charge is 0.306 e. The molecular formula is C10H19BrO2. The average molecular weight is 251 g/mol. The Kier molecular flexibility index (Phi) is 7.33. The van der Waals surface area contributed by atoms with Gasteiger partial charge in [0, 0.05) is 11.2 Å². The average Bonchev–Trinajstić information content (AvgIpc) is 2.13. The number of hydrogen-bond acceptors (Lipinski definition) is 2. The largest absolute Gasteiger partial charge is 0.464 e. The molecule has 0 heterocycles. The predicted octanol–water partition coefficient (Wildman–Crippen LogP) is 3.14. The van der Waals surface area contributed by atoms with Crippen LogP contribution >= 0.6 is 15.9 Å². The van der Waals surface area contributed by atoms with Crippen molar-refractivity contribution >= 4 is 21.9 Å². The first kappa shape index (κ1) is 12.9. The van der Waals surface area contributed by atoms with Crippen LogP contribution in [0.2, 0.25) is 0 Å². The summed E-state index contributed by atoms with van der Waals surface area (Å²) in [7, 11) is 0. The van der Waals surface area contributed by atoms with E-state index in [2.05, 4.69) is 36.7 Å². The Morgan fingerprint density at radius 2 is 2.00 bits per heavy atom. The fourth-order valence-electron chi connectivity index (χ4n) is 0.789. The number of ether oxygens (including phenoxy) is 1. The molecule has 0 radical (unpaired) electrons. The highest BCUT2D eigenvalue weighted by atomic mass is 79.9. The molecule has 2 atom stereocenters. The molecule has 2 nitrogen and oxygen atoms in total. The van der Waals surface area contributed by atoms with Crippen LogP contribution in [0.5, 0.6) is 0 Å². The van der Waals surface area contributed by atoms with Gasteiger partial charge in [-0.2, -0.15) is 0 Å². The second-order valence-corrected chi connectivity index (χ2v) is 4.70. The normalized spacial score (nSPS) is 15.1. The SMILES string of the molecule is CCC(C)CC(=O)OCC(Br)CC. The van der Waals surface area contributed by atoms with Crippen molar-refractivity contribution in [1.82, 2.24) is 0 Å². The van der Waals surface area contributed by atoms with Crippen LogP contribution < -0.4 is 0 Å². The van der Waals surface area contributed by atoms with Gasteiger partial charge in [-0.3, -0.25) is 4.79 Å². The predicted molar refractivity (Wildman–Crippen MR) is 58.0 cm³/mol. The summed E-state index contributed by atoms with van der Waals surface area (Å²) in [5, 5.41) is 0. The summed E-state index contributed by atoms with van der Waals surface area (Å²) in [4.78, 5) is 11.5. The van der Waals surface area contributed by atoms with Crippen molar-refractivity contribution in [2.45, 2.75) is 44.9 Å². The van der Waals surface area contributed by atoms with Gasteiger partial charge in [-0.25, -0.2) is 0 Å². The maximum atomic E-state index is 11.2. The van der Waals surface area contributed by atoms with Crippen molar-refractivity contribution in [3.05, 3.63) is 0 Å².